The number of pyridine rings is 1. The Morgan fingerprint density at radius 2 is 1.76 bits per heavy atom. The number of halogens is 5. The van der Waals surface area contributed by atoms with Gasteiger partial charge >= 0.3 is 0 Å². The molecular weight excluding hydrogens is 405 g/mol. The monoisotopic (exact) mass is 413 g/mol. The summed E-state index contributed by atoms with van der Waals surface area (Å²) < 4.78 is 53.7. The average molecular weight is 413 g/mol. The molecule has 0 aliphatic carbocycles. The normalized spacial score (nSPS) is 11.1. The number of hydrogen-bond donors (Lipinski definition) is 1. The van der Waals surface area contributed by atoms with E-state index in [1.165, 1.54) is 12.1 Å². The zero-order valence-corrected chi connectivity index (χ0v) is 12.4. The van der Waals surface area contributed by atoms with E-state index in [0.29, 0.717) is 16.7 Å². The van der Waals surface area contributed by atoms with Crippen molar-refractivity contribution in [1.29, 1.82) is 0 Å². The number of hydrogen-bond acceptors (Lipinski definition) is 2. The molecule has 2 aromatic rings. The van der Waals surface area contributed by atoms with Crippen LogP contribution in [-0.4, -0.2) is 16.1 Å². The molecule has 0 aliphatic heterocycles. The first-order chi connectivity index (χ1) is 9.81. The number of rotatable bonds is 3. The van der Waals surface area contributed by atoms with Gasteiger partial charge in [0, 0.05) is 12.1 Å². The molecule has 0 unspecified atom stereocenters. The predicted molar refractivity (Wildman–Crippen MR) is 76.4 cm³/mol. The lowest BCUT2D eigenvalue weighted by Gasteiger charge is -2.14. The smallest absolute Gasteiger partial charge is 0.264 e. The minimum absolute atomic E-state index is 0.150. The van der Waals surface area contributed by atoms with Crippen molar-refractivity contribution in [1.82, 2.24) is 4.57 Å². The third kappa shape index (κ3) is 3.20. The Labute approximate surface area is 130 Å². The van der Waals surface area contributed by atoms with E-state index >= 15 is 0 Å². The number of nitrogens with zero attached hydrogens (tertiary/aromatic N) is 1. The zero-order chi connectivity index (χ0) is 15.7. The van der Waals surface area contributed by atoms with Crippen molar-refractivity contribution >= 4 is 22.6 Å². The quantitative estimate of drug-likeness (QED) is 0.620. The van der Waals surface area contributed by atoms with Gasteiger partial charge in [-0.15, -0.1) is 0 Å². The van der Waals surface area contributed by atoms with Crippen molar-refractivity contribution in [3.05, 3.63) is 49.8 Å². The summed E-state index contributed by atoms with van der Waals surface area (Å²) in [7, 11) is 0. The molecule has 1 heterocycles. The summed E-state index contributed by atoms with van der Waals surface area (Å²) >= 11 is 1.65. The summed E-state index contributed by atoms with van der Waals surface area (Å²) in [5, 5.41) is 9.11. The molecule has 2 rings (SSSR count). The molecule has 112 valence electrons. The first-order valence-corrected chi connectivity index (χ1v) is 6.75. The molecule has 1 aromatic carbocycles. The van der Waals surface area contributed by atoms with Crippen LogP contribution in [0, 0.1) is 15.2 Å². The fraction of sp³-hybridized carbons (Fsp3) is 0.154. The van der Waals surface area contributed by atoms with E-state index in [1.807, 2.05) is 0 Å². The van der Waals surface area contributed by atoms with Crippen LogP contribution in [-0.2, 0) is 6.54 Å². The lowest BCUT2D eigenvalue weighted by Crippen LogP contribution is -2.27. The van der Waals surface area contributed by atoms with Crippen molar-refractivity contribution in [2.45, 2.75) is 13.0 Å². The van der Waals surface area contributed by atoms with Gasteiger partial charge in [-0.05, 0) is 34.7 Å². The molecule has 0 spiro atoms. The molecule has 0 aliphatic rings. The van der Waals surface area contributed by atoms with Gasteiger partial charge < -0.3 is 9.67 Å². The van der Waals surface area contributed by atoms with Crippen LogP contribution in [0.25, 0.3) is 11.3 Å². The van der Waals surface area contributed by atoms with Crippen LogP contribution in [0.2, 0.25) is 0 Å². The van der Waals surface area contributed by atoms with Crippen molar-refractivity contribution in [2.24, 2.45) is 0 Å². The summed E-state index contributed by atoms with van der Waals surface area (Å²) in [4.78, 5) is 11.9. The largest absolute Gasteiger partial charge is 0.508 e. The third-order valence-electron chi connectivity index (χ3n) is 2.73. The number of benzene rings is 1. The van der Waals surface area contributed by atoms with Gasteiger partial charge in [0.2, 0.25) is 0 Å². The molecule has 21 heavy (non-hydrogen) atoms. The fourth-order valence-corrected chi connectivity index (χ4v) is 2.36. The van der Waals surface area contributed by atoms with E-state index in [0.717, 1.165) is 0 Å². The summed E-state index contributed by atoms with van der Waals surface area (Å²) in [5.74, 6) is -2.92. The molecule has 0 saturated heterocycles. The Kier molecular flexibility index (Phi) is 4.55. The van der Waals surface area contributed by atoms with Crippen LogP contribution in [0.5, 0.6) is 5.75 Å². The second-order valence-corrected chi connectivity index (χ2v) is 5.32. The third-order valence-corrected chi connectivity index (χ3v) is 3.55. The number of aromatic nitrogens is 1. The van der Waals surface area contributed by atoms with E-state index < -0.39 is 41.5 Å². The van der Waals surface area contributed by atoms with Gasteiger partial charge in [-0.1, -0.05) is 0 Å². The first-order valence-electron chi connectivity index (χ1n) is 5.67. The fourth-order valence-electron chi connectivity index (χ4n) is 1.89. The molecule has 0 bridgehead atoms. The highest BCUT2D eigenvalue weighted by Crippen LogP contribution is 2.29. The highest BCUT2D eigenvalue weighted by atomic mass is 127. The van der Waals surface area contributed by atoms with E-state index in [4.69, 9.17) is 5.11 Å². The molecular formula is C13H8F4INO2. The second kappa shape index (κ2) is 6.04. The van der Waals surface area contributed by atoms with Crippen LogP contribution in [0.1, 0.15) is 0 Å². The maximum absolute atomic E-state index is 13.8. The van der Waals surface area contributed by atoms with Crippen LogP contribution < -0.4 is 5.56 Å². The Hall–Kier alpha value is -1.58. The minimum Gasteiger partial charge on any atom is -0.508 e. The van der Waals surface area contributed by atoms with Crippen LogP contribution in [0.4, 0.5) is 17.6 Å². The van der Waals surface area contributed by atoms with E-state index in [2.05, 4.69) is 0 Å². The van der Waals surface area contributed by atoms with Crippen LogP contribution in [0.3, 0.4) is 0 Å². The first kappa shape index (κ1) is 15.8. The highest BCUT2D eigenvalue weighted by Gasteiger charge is 2.20. The zero-order valence-electron chi connectivity index (χ0n) is 10.3. The molecule has 8 heteroatoms. The summed E-state index contributed by atoms with van der Waals surface area (Å²) in [5.41, 5.74) is -1.71. The van der Waals surface area contributed by atoms with Gasteiger partial charge in [0.15, 0.2) is 0 Å². The molecule has 0 amide bonds. The lowest BCUT2D eigenvalue weighted by molar-refractivity contribution is 0.125. The standard InChI is InChI=1S/C13H8F4INO2/c14-7-3-6(20)4-8(15)12(7)10-2-1-9(18)13(21)19(10)5-11(16)17/h1-4,11,20H,5H2. The highest BCUT2D eigenvalue weighted by molar-refractivity contribution is 14.1. The minimum atomic E-state index is -2.86. The van der Waals surface area contributed by atoms with Gasteiger partial charge in [-0.25, -0.2) is 17.6 Å². The van der Waals surface area contributed by atoms with Gasteiger partial charge in [-0.3, -0.25) is 4.79 Å². The Morgan fingerprint density at radius 3 is 2.29 bits per heavy atom. The summed E-state index contributed by atoms with van der Waals surface area (Å²) in [6.07, 6.45) is -2.86. The molecule has 0 atom stereocenters. The van der Waals surface area contributed by atoms with Crippen molar-refractivity contribution < 1.29 is 22.7 Å². The predicted octanol–water partition coefficient (Wildman–Crippen LogP) is 3.37. The number of alkyl halides is 2. The van der Waals surface area contributed by atoms with Gasteiger partial charge in [0.05, 0.1) is 21.4 Å². The topological polar surface area (TPSA) is 42.2 Å². The van der Waals surface area contributed by atoms with Crippen molar-refractivity contribution in [2.75, 3.05) is 0 Å². The van der Waals surface area contributed by atoms with Crippen molar-refractivity contribution in [3.8, 4) is 17.0 Å². The number of phenols is 1. The Morgan fingerprint density at radius 1 is 1.19 bits per heavy atom. The van der Waals surface area contributed by atoms with E-state index in [9.17, 15) is 22.4 Å². The van der Waals surface area contributed by atoms with E-state index in [-0.39, 0.29) is 9.26 Å². The SMILES string of the molecule is O=c1c(I)ccc(-c2c(F)cc(O)cc2F)n1CC(F)F. The molecule has 0 radical (unpaired) electrons. The van der Waals surface area contributed by atoms with Gasteiger partial charge in [-0.2, -0.15) is 0 Å². The van der Waals surface area contributed by atoms with Crippen molar-refractivity contribution in [3.63, 3.8) is 0 Å². The second-order valence-electron chi connectivity index (χ2n) is 4.16. The maximum Gasteiger partial charge on any atom is 0.264 e. The number of phenolic OH excluding ortho intramolecular Hbond substituents is 1. The summed E-state index contributed by atoms with van der Waals surface area (Å²) in [6, 6.07) is 3.76. The summed E-state index contributed by atoms with van der Waals surface area (Å²) in [6.45, 7) is -0.981. The average Bonchev–Trinajstić information content (AvgIpc) is 2.36. The van der Waals surface area contributed by atoms with Crippen LogP contribution in [0.15, 0.2) is 29.1 Å². The molecule has 0 saturated carbocycles. The Balaban J connectivity index is 2.76. The number of aromatic hydroxyl groups is 1. The lowest BCUT2D eigenvalue weighted by atomic mass is 10.1. The molecule has 3 nitrogen and oxygen atoms in total. The van der Waals surface area contributed by atoms with Gasteiger partial charge in [0.1, 0.15) is 17.4 Å². The van der Waals surface area contributed by atoms with Gasteiger partial charge in [0.25, 0.3) is 12.0 Å². The van der Waals surface area contributed by atoms with E-state index in [1.54, 1.807) is 22.6 Å². The molecule has 1 N–H and O–H groups in total. The Bertz CT molecular complexity index is 722. The van der Waals surface area contributed by atoms with Crippen LogP contribution >= 0.6 is 22.6 Å². The molecule has 0 fully saturated rings. The maximum atomic E-state index is 13.8. The molecule has 1 aromatic heterocycles.